The summed E-state index contributed by atoms with van der Waals surface area (Å²) >= 11 is 15.8. The molecule has 0 aliphatic carbocycles. The Morgan fingerprint density at radius 2 is 1.82 bits per heavy atom. The molecule has 3 N–H and O–H groups in total. The number of thiocarbonyl (C=S) groups is 1. The summed E-state index contributed by atoms with van der Waals surface area (Å²) < 4.78 is 7.15. The Labute approximate surface area is 183 Å². The zero-order valence-corrected chi connectivity index (χ0v) is 18.1. The highest BCUT2D eigenvalue weighted by Gasteiger charge is 2.17. The van der Waals surface area contributed by atoms with Gasteiger partial charge in [0.15, 0.2) is 11.7 Å². The smallest absolute Gasteiger partial charge is 0.281 e. The van der Waals surface area contributed by atoms with Crippen molar-refractivity contribution in [3.05, 3.63) is 62.9 Å². The number of fused-ring (bicyclic) bond motifs is 1. The van der Waals surface area contributed by atoms with Crippen molar-refractivity contribution >= 4 is 78.1 Å². The van der Waals surface area contributed by atoms with Crippen molar-refractivity contribution in [2.24, 2.45) is 0 Å². The van der Waals surface area contributed by atoms with Crippen LogP contribution in [0.2, 0.25) is 5.02 Å². The fourth-order valence-electron chi connectivity index (χ4n) is 2.20. The molecule has 0 saturated heterocycles. The molecule has 1 aromatic heterocycles. The van der Waals surface area contributed by atoms with Crippen LogP contribution >= 0.6 is 51.1 Å². The van der Waals surface area contributed by atoms with E-state index in [-0.39, 0.29) is 11.7 Å². The third kappa shape index (κ3) is 5.20. The number of thiophene rings is 1. The largest absolute Gasteiger partial charge is 0.484 e. The summed E-state index contributed by atoms with van der Waals surface area (Å²) in [5.74, 6) is -0.367. The van der Waals surface area contributed by atoms with E-state index in [4.69, 9.17) is 28.6 Å². The molecule has 3 aromatic rings. The van der Waals surface area contributed by atoms with E-state index in [1.54, 1.807) is 24.3 Å². The molecule has 0 unspecified atom stereocenters. The van der Waals surface area contributed by atoms with Crippen molar-refractivity contribution in [2.75, 3.05) is 6.61 Å². The first-order valence-corrected chi connectivity index (χ1v) is 10.3. The van der Waals surface area contributed by atoms with Gasteiger partial charge in [-0.1, -0.05) is 45.7 Å². The van der Waals surface area contributed by atoms with Crippen molar-refractivity contribution < 1.29 is 14.3 Å². The predicted octanol–water partition coefficient (Wildman–Crippen LogP) is 4.03. The minimum absolute atomic E-state index is 0.0602. The topological polar surface area (TPSA) is 79.5 Å². The standard InChI is InChI=1S/C18H13BrClN3O3S2/c19-10-5-7-11(8-6-10)26-9-14(24)21-18(27)23-22-17(25)16-15(20)12-3-1-2-4-13(12)28-16/h1-8H,9H2,(H,22,25)(H2,21,23,24,27). The zero-order chi connectivity index (χ0) is 20.1. The van der Waals surface area contributed by atoms with Crippen LogP contribution in [0, 0.1) is 0 Å². The Morgan fingerprint density at radius 3 is 2.54 bits per heavy atom. The van der Waals surface area contributed by atoms with Crippen LogP contribution in [0.3, 0.4) is 0 Å². The Balaban J connectivity index is 1.47. The van der Waals surface area contributed by atoms with Crippen LogP contribution in [-0.4, -0.2) is 23.5 Å². The van der Waals surface area contributed by atoms with Gasteiger partial charge in [-0.05, 0) is 42.5 Å². The van der Waals surface area contributed by atoms with Gasteiger partial charge in [-0.15, -0.1) is 11.3 Å². The molecular weight excluding hydrogens is 486 g/mol. The van der Waals surface area contributed by atoms with Gasteiger partial charge < -0.3 is 4.74 Å². The number of carbonyl (C=O) groups excluding carboxylic acids is 2. The molecule has 0 radical (unpaired) electrons. The summed E-state index contributed by atoms with van der Waals surface area (Å²) in [6.07, 6.45) is 0. The van der Waals surface area contributed by atoms with E-state index in [1.165, 1.54) is 11.3 Å². The van der Waals surface area contributed by atoms with Gasteiger partial charge in [0.1, 0.15) is 10.6 Å². The van der Waals surface area contributed by atoms with Gasteiger partial charge in [0.2, 0.25) is 0 Å². The quantitative estimate of drug-likeness (QED) is 0.374. The highest BCUT2D eigenvalue weighted by molar-refractivity contribution is 9.10. The van der Waals surface area contributed by atoms with Gasteiger partial charge >= 0.3 is 0 Å². The second-order valence-electron chi connectivity index (χ2n) is 5.44. The predicted molar refractivity (Wildman–Crippen MR) is 118 cm³/mol. The molecule has 1 heterocycles. The molecule has 144 valence electrons. The van der Waals surface area contributed by atoms with Crippen molar-refractivity contribution in [3.8, 4) is 5.75 Å². The number of carbonyl (C=O) groups is 2. The lowest BCUT2D eigenvalue weighted by Gasteiger charge is -2.11. The average molecular weight is 499 g/mol. The molecule has 2 aromatic carbocycles. The highest BCUT2D eigenvalue weighted by Crippen LogP contribution is 2.34. The molecule has 6 nitrogen and oxygen atoms in total. The second kappa shape index (κ2) is 9.33. The van der Waals surface area contributed by atoms with E-state index in [0.717, 1.165) is 14.6 Å². The summed E-state index contributed by atoms with van der Waals surface area (Å²) in [6, 6.07) is 14.5. The van der Waals surface area contributed by atoms with Gasteiger partial charge in [-0.25, -0.2) is 0 Å². The number of rotatable bonds is 4. The number of halogens is 2. The van der Waals surface area contributed by atoms with Crippen LogP contribution in [0.4, 0.5) is 0 Å². The molecule has 3 rings (SSSR count). The van der Waals surface area contributed by atoms with Crippen LogP contribution in [0.5, 0.6) is 5.75 Å². The van der Waals surface area contributed by atoms with E-state index in [1.807, 2.05) is 24.3 Å². The number of amides is 2. The Kier molecular flexibility index (Phi) is 6.84. The first-order valence-electron chi connectivity index (χ1n) is 7.89. The first-order chi connectivity index (χ1) is 13.4. The lowest BCUT2D eigenvalue weighted by Crippen LogP contribution is -2.49. The van der Waals surface area contributed by atoms with Gasteiger partial charge in [-0.3, -0.25) is 25.8 Å². The van der Waals surface area contributed by atoms with Crippen molar-refractivity contribution in [1.82, 2.24) is 16.2 Å². The summed E-state index contributed by atoms with van der Waals surface area (Å²) in [4.78, 5) is 24.5. The molecule has 0 bridgehead atoms. The number of nitrogens with one attached hydrogen (secondary N) is 3. The molecule has 0 saturated carbocycles. The minimum Gasteiger partial charge on any atom is -0.484 e. The van der Waals surface area contributed by atoms with Crippen LogP contribution in [0.25, 0.3) is 10.1 Å². The van der Waals surface area contributed by atoms with Gasteiger partial charge in [0, 0.05) is 14.6 Å². The monoisotopic (exact) mass is 497 g/mol. The Bertz CT molecular complexity index is 1040. The van der Waals surface area contributed by atoms with Crippen molar-refractivity contribution in [2.45, 2.75) is 0 Å². The highest BCUT2D eigenvalue weighted by atomic mass is 79.9. The van der Waals surface area contributed by atoms with Gasteiger partial charge in [0.05, 0.1) is 5.02 Å². The van der Waals surface area contributed by atoms with E-state index >= 15 is 0 Å². The van der Waals surface area contributed by atoms with Crippen LogP contribution in [0.1, 0.15) is 9.67 Å². The first kappa shape index (κ1) is 20.5. The fourth-order valence-corrected chi connectivity index (χ4v) is 4.05. The van der Waals surface area contributed by atoms with Crippen LogP contribution in [0.15, 0.2) is 53.0 Å². The van der Waals surface area contributed by atoms with Crippen LogP contribution in [-0.2, 0) is 4.79 Å². The molecule has 0 aliphatic rings. The molecule has 0 aliphatic heterocycles. The summed E-state index contributed by atoms with van der Waals surface area (Å²) in [6.45, 7) is -0.223. The lowest BCUT2D eigenvalue weighted by atomic mass is 10.2. The number of hydrogen-bond acceptors (Lipinski definition) is 5. The molecule has 0 spiro atoms. The third-order valence-corrected chi connectivity index (χ3v) is 5.87. The number of hydrogen-bond donors (Lipinski definition) is 3. The molecule has 2 amide bonds. The zero-order valence-electron chi connectivity index (χ0n) is 14.1. The van der Waals surface area contributed by atoms with Crippen molar-refractivity contribution in [1.29, 1.82) is 0 Å². The van der Waals surface area contributed by atoms with E-state index in [2.05, 4.69) is 32.1 Å². The van der Waals surface area contributed by atoms with Crippen LogP contribution < -0.4 is 20.9 Å². The van der Waals surface area contributed by atoms with Gasteiger partial charge in [-0.2, -0.15) is 0 Å². The summed E-state index contributed by atoms with van der Waals surface area (Å²) in [5.41, 5.74) is 4.90. The molecule has 10 heteroatoms. The maximum Gasteiger partial charge on any atom is 0.281 e. The van der Waals surface area contributed by atoms with E-state index in [0.29, 0.717) is 15.6 Å². The number of benzene rings is 2. The number of ether oxygens (including phenoxy) is 1. The average Bonchev–Trinajstić information content (AvgIpc) is 3.03. The lowest BCUT2D eigenvalue weighted by molar-refractivity contribution is -0.121. The molecular formula is C18H13BrClN3O3S2. The maximum atomic E-state index is 12.3. The second-order valence-corrected chi connectivity index (χ2v) is 8.19. The molecule has 0 atom stereocenters. The fraction of sp³-hybridized carbons (Fsp3) is 0.0556. The summed E-state index contributed by atoms with van der Waals surface area (Å²) in [5, 5.41) is 3.53. The third-order valence-electron chi connectivity index (χ3n) is 3.47. The Hall–Kier alpha value is -2.20. The van der Waals surface area contributed by atoms with E-state index < -0.39 is 11.8 Å². The van der Waals surface area contributed by atoms with E-state index in [9.17, 15) is 9.59 Å². The van der Waals surface area contributed by atoms with Crippen molar-refractivity contribution in [3.63, 3.8) is 0 Å². The summed E-state index contributed by atoms with van der Waals surface area (Å²) in [7, 11) is 0. The molecule has 28 heavy (non-hydrogen) atoms. The normalized spacial score (nSPS) is 10.4. The Morgan fingerprint density at radius 1 is 1.11 bits per heavy atom. The molecule has 0 fully saturated rings. The number of hydrazine groups is 1. The SMILES string of the molecule is O=C(COc1ccc(Br)cc1)NC(=S)NNC(=O)c1sc2ccccc2c1Cl. The maximum absolute atomic E-state index is 12.3. The van der Waals surface area contributed by atoms with Gasteiger partial charge in [0.25, 0.3) is 11.8 Å². The minimum atomic E-state index is -0.463.